The molecule has 0 saturated carbocycles. The van der Waals surface area contributed by atoms with Gasteiger partial charge < -0.3 is 9.97 Å². The van der Waals surface area contributed by atoms with Crippen molar-refractivity contribution in [1.29, 1.82) is 0 Å². The largest absolute Gasteiger partial charge is 0.345 e. The van der Waals surface area contributed by atoms with Crippen LogP contribution in [0.4, 0.5) is 0 Å². The van der Waals surface area contributed by atoms with Crippen molar-refractivity contribution in [1.82, 2.24) is 19.9 Å². The van der Waals surface area contributed by atoms with E-state index >= 15 is 0 Å². The molecule has 2 heterocycles. The van der Waals surface area contributed by atoms with Crippen molar-refractivity contribution in [2.45, 2.75) is 6.92 Å². The summed E-state index contributed by atoms with van der Waals surface area (Å²) in [6, 6.07) is 1.50. The molecule has 0 amide bonds. The maximum atomic E-state index is 11.3. The first-order valence-electron chi connectivity index (χ1n) is 4.47. The van der Waals surface area contributed by atoms with Gasteiger partial charge in [-0.3, -0.25) is 9.78 Å². The highest BCUT2D eigenvalue weighted by Crippen LogP contribution is 2.11. The molecule has 82 valence electrons. The van der Waals surface area contributed by atoms with Gasteiger partial charge in [0, 0.05) is 11.8 Å². The maximum absolute atomic E-state index is 11.3. The third kappa shape index (κ3) is 1.70. The zero-order valence-corrected chi connectivity index (χ0v) is 8.33. The summed E-state index contributed by atoms with van der Waals surface area (Å²) >= 11 is 0. The van der Waals surface area contributed by atoms with Crippen LogP contribution in [0.3, 0.4) is 0 Å². The predicted molar refractivity (Wildman–Crippen MR) is 56.3 cm³/mol. The minimum atomic E-state index is -0.622. The second kappa shape index (κ2) is 3.61. The van der Waals surface area contributed by atoms with Crippen LogP contribution < -0.4 is 16.9 Å². The summed E-state index contributed by atoms with van der Waals surface area (Å²) in [5.41, 5.74) is -0.701. The molecular formula is C9H8N4O3. The Morgan fingerprint density at radius 1 is 1.12 bits per heavy atom. The third-order valence-electron chi connectivity index (χ3n) is 2.13. The van der Waals surface area contributed by atoms with Gasteiger partial charge in [0.15, 0.2) is 0 Å². The summed E-state index contributed by atoms with van der Waals surface area (Å²) in [6.07, 6.45) is 1.30. The minimum Gasteiger partial charge on any atom is -0.305 e. The lowest BCUT2D eigenvalue weighted by molar-refractivity contribution is 0.992. The van der Waals surface area contributed by atoms with E-state index in [1.54, 1.807) is 6.92 Å². The molecule has 2 aromatic heterocycles. The molecule has 0 aliphatic carbocycles. The predicted octanol–water partition coefficient (Wildman–Crippen LogP) is -0.878. The van der Waals surface area contributed by atoms with Crippen molar-refractivity contribution >= 4 is 0 Å². The molecule has 7 nitrogen and oxygen atoms in total. The highest BCUT2D eigenvalue weighted by atomic mass is 16.2. The quantitative estimate of drug-likeness (QED) is 0.579. The molecule has 0 bridgehead atoms. The molecule has 0 aromatic carbocycles. The maximum Gasteiger partial charge on any atom is 0.345 e. The van der Waals surface area contributed by atoms with Gasteiger partial charge in [-0.15, -0.1) is 0 Å². The van der Waals surface area contributed by atoms with Crippen LogP contribution in [0.1, 0.15) is 5.56 Å². The van der Waals surface area contributed by atoms with Crippen LogP contribution in [0.25, 0.3) is 11.4 Å². The van der Waals surface area contributed by atoms with E-state index in [-0.39, 0.29) is 5.69 Å². The van der Waals surface area contributed by atoms with Gasteiger partial charge >= 0.3 is 11.4 Å². The second-order valence-electron chi connectivity index (χ2n) is 3.20. The molecule has 16 heavy (non-hydrogen) atoms. The number of aromatic amines is 3. The van der Waals surface area contributed by atoms with Gasteiger partial charge in [-0.05, 0) is 13.0 Å². The number of aromatic nitrogens is 4. The van der Waals surface area contributed by atoms with Crippen molar-refractivity contribution in [3.63, 3.8) is 0 Å². The van der Waals surface area contributed by atoms with Crippen molar-refractivity contribution in [2.75, 3.05) is 0 Å². The van der Waals surface area contributed by atoms with E-state index in [4.69, 9.17) is 0 Å². The fourth-order valence-electron chi connectivity index (χ4n) is 1.33. The summed E-state index contributed by atoms with van der Waals surface area (Å²) in [4.78, 5) is 43.9. The molecule has 0 aliphatic heterocycles. The molecule has 7 heteroatoms. The number of hydrogen-bond acceptors (Lipinski definition) is 4. The van der Waals surface area contributed by atoms with Crippen molar-refractivity contribution in [2.24, 2.45) is 0 Å². The van der Waals surface area contributed by atoms with Crippen molar-refractivity contribution in [3.05, 3.63) is 49.1 Å². The first-order chi connectivity index (χ1) is 7.58. The average Bonchev–Trinajstić information content (AvgIpc) is 2.23. The summed E-state index contributed by atoms with van der Waals surface area (Å²) in [7, 11) is 0. The molecule has 0 saturated heterocycles. The van der Waals surface area contributed by atoms with E-state index in [1.807, 2.05) is 0 Å². The van der Waals surface area contributed by atoms with Gasteiger partial charge in [0.1, 0.15) is 0 Å². The smallest absolute Gasteiger partial charge is 0.305 e. The Labute approximate surface area is 88.2 Å². The number of rotatable bonds is 1. The van der Waals surface area contributed by atoms with Gasteiger partial charge in [0.2, 0.25) is 0 Å². The van der Waals surface area contributed by atoms with E-state index < -0.39 is 16.9 Å². The summed E-state index contributed by atoms with van der Waals surface area (Å²) < 4.78 is 0. The standard InChI is InChI=1S/C9H8N4O3/c1-4-6(12-9(16)13-7(4)14)5-2-3-10-8(15)11-5/h2-3H,1H3,(H,10,11,15)(H2,12,13,14,16). The number of H-pyrrole nitrogens is 3. The zero-order valence-electron chi connectivity index (χ0n) is 8.33. The molecule has 2 rings (SSSR count). The molecule has 0 unspecified atom stereocenters. The van der Waals surface area contributed by atoms with Gasteiger partial charge in [-0.1, -0.05) is 0 Å². The van der Waals surface area contributed by atoms with Gasteiger partial charge in [0.05, 0.1) is 11.4 Å². The fraction of sp³-hybridized carbons (Fsp3) is 0.111. The zero-order chi connectivity index (χ0) is 11.7. The number of nitrogens with zero attached hydrogens (tertiary/aromatic N) is 1. The molecule has 0 spiro atoms. The average molecular weight is 220 g/mol. The fourth-order valence-corrected chi connectivity index (χ4v) is 1.33. The first kappa shape index (κ1) is 10.1. The van der Waals surface area contributed by atoms with E-state index in [1.165, 1.54) is 12.3 Å². The van der Waals surface area contributed by atoms with E-state index in [9.17, 15) is 14.4 Å². The molecule has 0 fully saturated rings. The molecular weight excluding hydrogens is 212 g/mol. The Bertz CT molecular complexity index is 695. The Morgan fingerprint density at radius 3 is 2.56 bits per heavy atom. The van der Waals surface area contributed by atoms with Crippen molar-refractivity contribution < 1.29 is 0 Å². The monoisotopic (exact) mass is 220 g/mol. The van der Waals surface area contributed by atoms with Crippen LogP contribution in [-0.2, 0) is 0 Å². The normalized spacial score (nSPS) is 10.3. The Morgan fingerprint density at radius 2 is 1.88 bits per heavy atom. The lowest BCUT2D eigenvalue weighted by Gasteiger charge is -2.02. The number of hydrogen-bond donors (Lipinski definition) is 3. The van der Waals surface area contributed by atoms with Gasteiger partial charge in [0.25, 0.3) is 5.56 Å². The van der Waals surface area contributed by atoms with E-state index in [0.717, 1.165) is 0 Å². The van der Waals surface area contributed by atoms with Crippen LogP contribution in [0.15, 0.2) is 26.6 Å². The second-order valence-corrected chi connectivity index (χ2v) is 3.20. The molecule has 3 N–H and O–H groups in total. The van der Waals surface area contributed by atoms with Crippen molar-refractivity contribution in [3.8, 4) is 11.4 Å². The number of nitrogens with one attached hydrogen (secondary N) is 3. The van der Waals surface area contributed by atoms with Gasteiger partial charge in [-0.2, -0.15) is 0 Å². The van der Waals surface area contributed by atoms with E-state index in [2.05, 4.69) is 19.9 Å². The highest BCUT2D eigenvalue weighted by Gasteiger charge is 2.07. The summed E-state index contributed by atoms with van der Waals surface area (Å²) in [5.74, 6) is 0. The van der Waals surface area contributed by atoms with E-state index in [0.29, 0.717) is 11.3 Å². The van der Waals surface area contributed by atoms with Crippen LogP contribution in [0, 0.1) is 6.92 Å². The topological polar surface area (TPSA) is 111 Å². The lowest BCUT2D eigenvalue weighted by atomic mass is 10.2. The Hall–Kier alpha value is -2.44. The molecule has 0 aliphatic rings. The molecule has 0 atom stereocenters. The summed E-state index contributed by atoms with van der Waals surface area (Å²) in [6.45, 7) is 1.54. The SMILES string of the molecule is Cc1c(-c2ccnc(=O)[nH]2)[nH]c(=O)[nH]c1=O. The minimum absolute atomic E-state index is 0.285. The van der Waals surface area contributed by atoms with Crippen LogP contribution >= 0.6 is 0 Å². The Balaban J connectivity index is 2.79. The van der Waals surface area contributed by atoms with Crippen LogP contribution in [0.5, 0.6) is 0 Å². The van der Waals surface area contributed by atoms with Crippen LogP contribution in [0.2, 0.25) is 0 Å². The van der Waals surface area contributed by atoms with Crippen LogP contribution in [-0.4, -0.2) is 19.9 Å². The first-order valence-corrected chi connectivity index (χ1v) is 4.47. The summed E-state index contributed by atoms with van der Waals surface area (Å²) in [5, 5.41) is 0. The highest BCUT2D eigenvalue weighted by molar-refractivity contribution is 5.56. The van der Waals surface area contributed by atoms with Gasteiger partial charge in [-0.25, -0.2) is 14.6 Å². The lowest BCUT2D eigenvalue weighted by Crippen LogP contribution is -2.25. The third-order valence-corrected chi connectivity index (χ3v) is 2.13. The Kier molecular flexibility index (Phi) is 2.28. The molecule has 2 aromatic rings. The molecule has 0 radical (unpaired) electrons.